The van der Waals surface area contributed by atoms with Crippen LogP contribution in [0, 0.1) is 11.8 Å². The minimum atomic E-state index is 0.714. The predicted octanol–water partition coefficient (Wildman–Crippen LogP) is 3.99. The average molecular weight is 215 g/mol. The molecule has 74 valence electrons. The lowest BCUT2D eigenvalue weighted by Gasteiger charge is -1.90. The molecule has 0 aromatic heterocycles. The number of allylic oxidation sites excluding steroid dienone is 4. The molecule has 0 heterocycles. The fraction of sp³-hybridized carbons (Fsp3) is 0. The Bertz CT molecular complexity index is 438. The van der Waals surface area contributed by atoms with Crippen molar-refractivity contribution in [2.24, 2.45) is 0 Å². The first-order chi connectivity index (χ1) is 7.22. The highest BCUT2D eigenvalue weighted by atomic mass is 35.5. The second kappa shape index (κ2) is 5.90. The van der Waals surface area contributed by atoms with Gasteiger partial charge < -0.3 is 0 Å². The van der Waals surface area contributed by atoms with E-state index in [0.29, 0.717) is 5.02 Å². The van der Waals surface area contributed by atoms with Gasteiger partial charge in [-0.25, -0.2) is 0 Å². The van der Waals surface area contributed by atoms with Crippen LogP contribution < -0.4 is 0 Å². The van der Waals surface area contributed by atoms with Crippen molar-refractivity contribution in [1.82, 2.24) is 0 Å². The Morgan fingerprint density at radius 2 is 1.93 bits per heavy atom. The maximum absolute atomic E-state index is 5.75. The molecular formula is C14H11Cl. The van der Waals surface area contributed by atoms with Crippen LogP contribution in [0.2, 0.25) is 5.02 Å². The van der Waals surface area contributed by atoms with Crippen molar-refractivity contribution in [3.8, 4) is 11.8 Å². The Hall–Kier alpha value is -1.71. The van der Waals surface area contributed by atoms with Crippen molar-refractivity contribution in [3.05, 3.63) is 71.8 Å². The van der Waals surface area contributed by atoms with Crippen LogP contribution in [0.4, 0.5) is 0 Å². The van der Waals surface area contributed by atoms with E-state index in [9.17, 15) is 0 Å². The molecule has 0 bridgehead atoms. The van der Waals surface area contributed by atoms with Crippen molar-refractivity contribution >= 4 is 11.6 Å². The molecule has 0 saturated heterocycles. The highest BCUT2D eigenvalue weighted by Gasteiger charge is 1.86. The summed E-state index contributed by atoms with van der Waals surface area (Å²) in [5.74, 6) is 5.92. The highest BCUT2D eigenvalue weighted by Crippen LogP contribution is 2.08. The molecule has 0 nitrogen and oxygen atoms in total. The van der Waals surface area contributed by atoms with Gasteiger partial charge in [0.15, 0.2) is 0 Å². The van der Waals surface area contributed by atoms with Crippen LogP contribution in [-0.4, -0.2) is 0 Å². The third-order valence-corrected chi connectivity index (χ3v) is 1.90. The average Bonchev–Trinajstić information content (AvgIpc) is 2.25. The Morgan fingerprint density at radius 3 is 2.53 bits per heavy atom. The zero-order chi connectivity index (χ0) is 11.1. The molecule has 0 amide bonds. The summed E-state index contributed by atoms with van der Waals surface area (Å²) in [6.07, 6.45) is 5.31. The van der Waals surface area contributed by atoms with E-state index in [0.717, 1.165) is 11.1 Å². The van der Waals surface area contributed by atoms with Crippen molar-refractivity contribution in [3.63, 3.8) is 0 Å². The summed E-state index contributed by atoms with van der Waals surface area (Å²) in [7, 11) is 0. The van der Waals surface area contributed by atoms with Gasteiger partial charge in [0.2, 0.25) is 0 Å². The van der Waals surface area contributed by atoms with Gasteiger partial charge >= 0.3 is 0 Å². The summed E-state index contributed by atoms with van der Waals surface area (Å²) >= 11 is 5.75. The smallest absolute Gasteiger partial charge is 0.0406 e. The Balaban J connectivity index is 2.73. The number of hydrogen-bond donors (Lipinski definition) is 0. The monoisotopic (exact) mass is 214 g/mol. The fourth-order valence-electron chi connectivity index (χ4n) is 0.912. The van der Waals surface area contributed by atoms with Crippen LogP contribution >= 0.6 is 11.6 Å². The number of rotatable bonds is 2. The van der Waals surface area contributed by atoms with Gasteiger partial charge in [-0.15, -0.1) is 0 Å². The fourth-order valence-corrected chi connectivity index (χ4v) is 1.04. The van der Waals surface area contributed by atoms with Gasteiger partial charge in [-0.1, -0.05) is 48.8 Å². The molecule has 1 heteroatoms. The van der Waals surface area contributed by atoms with Crippen LogP contribution in [-0.2, 0) is 0 Å². The van der Waals surface area contributed by atoms with Crippen molar-refractivity contribution in [2.75, 3.05) is 0 Å². The molecule has 1 aromatic rings. The molecule has 1 rings (SSSR count). The molecule has 0 aliphatic rings. The van der Waals surface area contributed by atoms with Gasteiger partial charge in [-0.05, 0) is 30.3 Å². The number of hydrogen-bond acceptors (Lipinski definition) is 0. The third-order valence-electron chi connectivity index (χ3n) is 1.65. The summed E-state index contributed by atoms with van der Waals surface area (Å²) in [4.78, 5) is 0. The quantitative estimate of drug-likeness (QED) is 0.516. The van der Waals surface area contributed by atoms with E-state index >= 15 is 0 Å². The number of halogens is 1. The van der Waals surface area contributed by atoms with Crippen molar-refractivity contribution < 1.29 is 0 Å². The first kappa shape index (κ1) is 11.4. The maximum atomic E-state index is 5.75. The molecule has 0 radical (unpaired) electrons. The molecule has 1 aromatic carbocycles. The lowest BCUT2D eigenvalue weighted by Crippen LogP contribution is -1.73. The lowest BCUT2D eigenvalue weighted by molar-refractivity contribution is 1.64. The highest BCUT2D eigenvalue weighted by molar-refractivity contribution is 6.30. The zero-order valence-corrected chi connectivity index (χ0v) is 9.09. The second-order valence-corrected chi connectivity index (χ2v) is 3.31. The summed E-state index contributed by atoms with van der Waals surface area (Å²) in [5.41, 5.74) is 1.68. The summed E-state index contributed by atoms with van der Waals surface area (Å²) in [6.45, 7) is 7.36. The van der Waals surface area contributed by atoms with E-state index in [-0.39, 0.29) is 0 Å². The van der Waals surface area contributed by atoms with Gasteiger partial charge in [0.1, 0.15) is 0 Å². The summed E-state index contributed by atoms with van der Waals surface area (Å²) < 4.78 is 0. The Labute approximate surface area is 95.6 Å². The molecule has 0 fully saturated rings. The van der Waals surface area contributed by atoms with Gasteiger partial charge in [-0.2, -0.15) is 0 Å². The van der Waals surface area contributed by atoms with Gasteiger partial charge in [0, 0.05) is 16.2 Å². The van der Waals surface area contributed by atoms with E-state index in [4.69, 9.17) is 11.6 Å². The summed E-state index contributed by atoms with van der Waals surface area (Å²) in [6, 6.07) is 7.38. The topological polar surface area (TPSA) is 0 Å². The Morgan fingerprint density at radius 1 is 1.27 bits per heavy atom. The van der Waals surface area contributed by atoms with Crippen LogP contribution in [0.1, 0.15) is 5.56 Å². The standard InChI is InChI=1S/C14H11Cl/c1-3-4-5-12(2)6-7-13-8-10-14(15)11-9-13/h3-5,8-11H,1-2H2/b5-4-. The summed E-state index contributed by atoms with van der Waals surface area (Å²) in [5, 5.41) is 0.714. The molecule has 0 atom stereocenters. The van der Waals surface area contributed by atoms with Gasteiger partial charge in [0.25, 0.3) is 0 Å². The molecule has 0 aliphatic carbocycles. The van der Waals surface area contributed by atoms with E-state index in [1.165, 1.54) is 0 Å². The van der Waals surface area contributed by atoms with Crippen LogP contribution in [0.5, 0.6) is 0 Å². The predicted molar refractivity (Wildman–Crippen MR) is 66.8 cm³/mol. The largest absolute Gasteiger partial charge is 0.0991 e. The first-order valence-electron chi connectivity index (χ1n) is 4.48. The maximum Gasteiger partial charge on any atom is 0.0406 e. The molecule has 0 N–H and O–H groups in total. The van der Waals surface area contributed by atoms with Crippen molar-refractivity contribution in [2.45, 2.75) is 0 Å². The molecule has 0 saturated carbocycles. The van der Waals surface area contributed by atoms with Crippen LogP contribution in [0.25, 0.3) is 0 Å². The molecule has 0 unspecified atom stereocenters. The van der Waals surface area contributed by atoms with E-state index in [1.807, 2.05) is 30.3 Å². The van der Waals surface area contributed by atoms with Crippen LogP contribution in [0.3, 0.4) is 0 Å². The molecule has 15 heavy (non-hydrogen) atoms. The molecule has 0 aliphatic heterocycles. The zero-order valence-electron chi connectivity index (χ0n) is 8.33. The first-order valence-corrected chi connectivity index (χ1v) is 4.86. The van der Waals surface area contributed by atoms with Gasteiger partial charge in [-0.3, -0.25) is 0 Å². The van der Waals surface area contributed by atoms with E-state index in [2.05, 4.69) is 25.0 Å². The number of benzene rings is 1. The third kappa shape index (κ3) is 4.35. The van der Waals surface area contributed by atoms with Gasteiger partial charge in [0.05, 0.1) is 0 Å². The molecule has 0 spiro atoms. The minimum absolute atomic E-state index is 0.714. The normalized spacial score (nSPS) is 9.40. The minimum Gasteiger partial charge on any atom is -0.0991 e. The van der Waals surface area contributed by atoms with E-state index < -0.39 is 0 Å². The van der Waals surface area contributed by atoms with Crippen LogP contribution in [0.15, 0.2) is 61.2 Å². The SMILES string of the molecule is C=C/C=C\C(=C)C#Cc1ccc(Cl)cc1. The molecular weight excluding hydrogens is 204 g/mol. The van der Waals surface area contributed by atoms with E-state index in [1.54, 1.807) is 12.2 Å². The Kier molecular flexibility index (Phi) is 4.47. The lowest BCUT2D eigenvalue weighted by atomic mass is 10.2. The second-order valence-electron chi connectivity index (χ2n) is 2.88. The van der Waals surface area contributed by atoms with Crippen molar-refractivity contribution in [1.29, 1.82) is 0 Å².